The Hall–Kier alpha value is -4.00. The molecule has 2 aromatic heterocycles. The second-order valence-corrected chi connectivity index (χ2v) is 11.0. The maximum Gasteiger partial charge on any atom is 0.416 e. The van der Waals surface area contributed by atoms with E-state index < -0.39 is 52.6 Å². The van der Waals surface area contributed by atoms with Crippen molar-refractivity contribution in [1.29, 1.82) is 0 Å². The van der Waals surface area contributed by atoms with Gasteiger partial charge >= 0.3 is 11.9 Å². The van der Waals surface area contributed by atoms with Gasteiger partial charge in [-0.2, -0.15) is 13.2 Å². The summed E-state index contributed by atoms with van der Waals surface area (Å²) in [4.78, 5) is 30.1. The average molecular weight is 599 g/mol. The zero-order valence-electron chi connectivity index (χ0n) is 23.1. The third-order valence-electron chi connectivity index (χ3n) is 8.45. The number of ether oxygens (including phenoxy) is 1. The van der Waals surface area contributed by atoms with Crippen LogP contribution in [0.4, 0.5) is 17.6 Å². The molecule has 0 amide bonds. The zero-order valence-corrected chi connectivity index (χ0v) is 23.1. The van der Waals surface area contributed by atoms with Gasteiger partial charge in [0.25, 0.3) is 5.56 Å². The highest BCUT2D eigenvalue weighted by Crippen LogP contribution is 2.43. The van der Waals surface area contributed by atoms with Crippen LogP contribution in [-0.4, -0.2) is 27.1 Å². The predicted octanol–water partition coefficient (Wildman–Crippen LogP) is 4.53. The van der Waals surface area contributed by atoms with Crippen molar-refractivity contribution in [1.82, 2.24) is 14.0 Å². The number of nitrogens with two attached hydrogens (primary N) is 1. The number of halogens is 4. The van der Waals surface area contributed by atoms with Crippen molar-refractivity contribution >= 4 is 0 Å². The Balaban J connectivity index is 1.44. The molecule has 0 radical (unpaired) electrons. The number of furan rings is 1. The van der Waals surface area contributed by atoms with Crippen LogP contribution in [0.1, 0.15) is 52.6 Å². The minimum absolute atomic E-state index is 0.162. The lowest BCUT2D eigenvalue weighted by molar-refractivity contribution is -0.138. The topological polar surface area (TPSA) is 95.6 Å². The Kier molecular flexibility index (Phi) is 7.61. The van der Waals surface area contributed by atoms with Gasteiger partial charge in [-0.15, -0.1) is 0 Å². The molecule has 4 heterocycles. The molecule has 1 saturated heterocycles. The van der Waals surface area contributed by atoms with Gasteiger partial charge in [0.1, 0.15) is 17.2 Å². The summed E-state index contributed by atoms with van der Waals surface area (Å²) in [6.45, 7) is 0.548. The Morgan fingerprint density at radius 2 is 1.67 bits per heavy atom. The monoisotopic (exact) mass is 598 g/mol. The minimum Gasteiger partial charge on any atom is -0.468 e. The van der Waals surface area contributed by atoms with E-state index in [4.69, 9.17) is 14.9 Å². The highest BCUT2D eigenvalue weighted by Gasteiger charge is 2.47. The molecule has 0 unspecified atom stereocenters. The Bertz CT molecular complexity index is 1720. The molecule has 2 aromatic carbocycles. The molecule has 0 saturated carbocycles. The van der Waals surface area contributed by atoms with E-state index in [1.807, 2.05) is 6.07 Å². The number of benzene rings is 2. The SMILES string of the molecule is N[C@@H](Cn1c(=O)c2c(n(Cc3c(F)cccc3C(F)(F)F)c1=O)COC21CCN(Cc2ccco2)CC1)c1ccccc1. The van der Waals surface area contributed by atoms with E-state index in [1.54, 1.807) is 42.7 Å². The molecule has 2 aliphatic rings. The Morgan fingerprint density at radius 1 is 0.930 bits per heavy atom. The van der Waals surface area contributed by atoms with Crippen molar-refractivity contribution < 1.29 is 26.7 Å². The summed E-state index contributed by atoms with van der Waals surface area (Å²) in [6, 6.07) is 14.5. The van der Waals surface area contributed by atoms with Crippen molar-refractivity contribution in [2.45, 2.75) is 56.9 Å². The molecule has 1 atom stereocenters. The standard InChI is InChI=1S/C31H30F4N4O4/c32-24-10-4-9-23(31(33,34)35)22(24)17-38-26-19-43-30(11-13-37(14-12-30)16-21-8-5-15-42-21)27(26)28(40)39(29(38)41)18-25(36)20-6-2-1-3-7-20/h1-10,15,25H,11-14,16-19,36H2/t25-/m0/s1. The summed E-state index contributed by atoms with van der Waals surface area (Å²) in [5.74, 6) is -0.311. The molecule has 8 nitrogen and oxygen atoms in total. The molecule has 43 heavy (non-hydrogen) atoms. The van der Waals surface area contributed by atoms with Gasteiger partial charge in [0.2, 0.25) is 0 Å². The zero-order chi connectivity index (χ0) is 30.4. The van der Waals surface area contributed by atoms with Crippen LogP contribution >= 0.6 is 0 Å². The highest BCUT2D eigenvalue weighted by atomic mass is 19.4. The van der Waals surface area contributed by atoms with Crippen LogP contribution in [0.15, 0.2) is 80.9 Å². The van der Waals surface area contributed by atoms with Gasteiger partial charge in [-0.1, -0.05) is 36.4 Å². The van der Waals surface area contributed by atoms with Crippen LogP contribution in [0.25, 0.3) is 0 Å². The first-order valence-corrected chi connectivity index (χ1v) is 14.0. The second kappa shape index (κ2) is 11.3. The van der Waals surface area contributed by atoms with E-state index in [2.05, 4.69) is 4.90 Å². The minimum atomic E-state index is -4.85. The van der Waals surface area contributed by atoms with Crippen LogP contribution < -0.4 is 17.0 Å². The Labute approximate surface area is 243 Å². The average Bonchev–Trinajstić information content (AvgIpc) is 3.63. The molecular weight excluding hydrogens is 568 g/mol. The van der Waals surface area contributed by atoms with Gasteiger partial charge in [-0.3, -0.25) is 18.8 Å². The second-order valence-electron chi connectivity index (χ2n) is 11.0. The van der Waals surface area contributed by atoms with Crippen molar-refractivity contribution in [2.75, 3.05) is 13.1 Å². The first kappa shape index (κ1) is 29.1. The molecule has 2 N–H and O–H groups in total. The third-order valence-corrected chi connectivity index (χ3v) is 8.45. The van der Waals surface area contributed by atoms with E-state index in [0.717, 1.165) is 33.1 Å². The number of likely N-dealkylation sites (tertiary alicyclic amines) is 1. The van der Waals surface area contributed by atoms with Gasteiger partial charge in [0.05, 0.1) is 49.3 Å². The van der Waals surface area contributed by atoms with Gasteiger partial charge in [-0.05, 0) is 42.7 Å². The summed E-state index contributed by atoms with van der Waals surface area (Å²) in [7, 11) is 0. The van der Waals surface area contributed by atoms with Crippen LogP contribution in [0.2, 0.25) is 0 Å². The van der Waals surface area contributed by atoms with Crippen molar-refractivity contribution in [2.24, 2.45) is 5.73 Å². The number of nitrogens with zero attached hydrogens (tertiary/aromatic N) is 3. The van der Waals surface area contributed by atoms with E-state index in [-0.39, 0.29) is 24.4 Å². The number of hydrogen-bond acceptors (Lipinski definition) is 6. The molecule has 2 aliphatic heterocycles. The van der Waals surface area contributed by atoms with Crippen molar-refractivity contribution in [3.8, 4) is 0 Å². The molecule has 6 rings (SSSR count). The number of rotatable bonds is 7. The number of piperidine rings is 1. The fourth-order valence-corrected chi connectivity index (χ4v) is 6.19. The Morgan fingerprint density at radius 3 is 2.35 bits per heavy atom. The molecule has 1 spiro atoms. The van der Waals surface area contributed by atoms with E-state index >= 15 is 0 Å². The van der Waals surface area contributed by atoms with Gasteiger partial charge in [0.15, 0.2) is 0 Å². The molecule has 1 fully saturated rings. The lowest BCUT2D eigenvalue weighted by Gasteiger charge is -2.38. The maximum absolute atomic E-state index is 15.0. The third kappa shape index (κ3) is 5.46. The van der Waals surface area contributed by atoms with E-state index in [1.165, 1.54) is 0 Å². The molecule has 4 aromatic rings. The fraction of sp³-hybridized carbons (Fsp3) is 0.355. The first-order chi connectivity index (χ1) is 20.6. The van der Waals surface area contributed by atoms with Gasteiger partial charge < -0.3 is 14.9 Å². The molecule has 226 valence electrons. The van der Waals surface area contributed by atoms with Gasteiger partial charge in [0, 0.05) is 24.7 Å². The summed E-state index contributed by atoms with van der Waals surface area (Å²) in [5, 5.41) is 0. The summed E-state index contributed by atoms with van der Waals surface area (Å²) in [5.41, 5.74) is 3.06. The molecule has 0 aliphatic carbocycles. The van der Waals surface area contributed by atoms with Crippen molar-refractivity contribution in [3.05, 3.63) is 127 Å². The number of aromatic nitrogens is 2. The summed E-state index contributed by atoms with van der Waals surface area (Å²) in [6.07, 6.45) is -2.44. The number of alkyl halides is 3. The van der Waals surface area contributed by atoms with E-state index in [0.29, 0.717) is 38.0 Å². The van der Waals surface area contributed by atoms with E-state index in [9.17, 15) is 27.2 Å². The first-order valence-electron chi connectivity index (χ1n) is 14.0. The number of hydrogen-bond donors (Lipinski definition) is 1. The molecule has 12 heteroatoms. The molecule has 0 bridgehead atoms. The normalized spacial score (nSPS) is 17.3. The maximum atomic E-state index is 15.0. The molecular formula is C31H30F4N4O4. The summed E-state index contributed by atoms with van der Waals surface area (Å²) >= 11 is 0. The number of fused-ring (bicyclic) bond motifs is 2. The smallest absolute Gasteiger partial charge is 0.416 e. The van der Waals surface area contributed by atoms with Gasteiger partial charge in [-0.25, -0.2) is 9.18 Å². The fourth-order valence-electron chi connectivity index (χ4n) is 6.19. The van der Waals surface area contributed by atoms with Crippen LogP contribution in [0.3, 0.4) is 0 Å². The lowest BCUT2D eigenvalue weighted by Crippen LogP contribution is -2.49. The highest BCUT2D eigenvalue weighted by molar-refractivity contribution is 5.35. The largest absolute Gasteiger partial charge is 0.468 e. The predicted molar refractivity (Wildman–Crippen MR) is 149 cm³/mol. The summed E-state index contributed by atoms with van der Waals surface area (Å²) < 4.78 is 70.4. The van der Waals surface area contributed by atoms with Crippen LogP contribution in [0.5, 0.6) is 0 Å². The quantitative estimate of drug-likeness (QED) is 0.314. The van der Waals surface area contributed by atoms with Crippen molar-refractivity contribution in [3.63, 3.8) is 0 Å². The lowest BCUT2D eigenvalue weighted by atomic mass is 9.85. The van der Waals surface area contributed by atoms with Crippen LogP contribution in [-0.2, 0) is 42.8 Å². The van der Waals surface area contributed by atoms with Crippen LogP contribution in [0, 0.1) is 5.82 Å².